The molecule has 1 rings (SSSR count). The fourth-order valence-corrected chi connectivity index (χ4v) is 2.24. The molecule has 3 nitrogen and oxygen atoms in total. The van der Waals surface area contributed by atoms with E-state index in [4.69, 9.17) is 17.3 Å². The molecule has 0 fully saturated rings. The van der Waals surface area contributed by atoms with Crippen molar-refractivity contribution in [2.75, 3.05) is 6.54 Å². The average molecular weight is 297 g/mol. The lowest BCUT2D eigenvalue weighted by atomic mass is 9.88. The Labute approximate surface area is 117 Å². The number of hydrogen-bond donors (Lipinski definition) is 2. The molecule has 1 atom stereocenters. The summed E-state index contributed by atoms with van der Waals surface area (Å²) < 4.78 is 0. The number of nitrogens with one attached hydrogen (secondary N) is 1. The fraction of sp³-hybridized carbons (Fsp3) is 0.545. The minimum atomic E-state index is -0.398. The lowest BCUT2D eigenvalue weighted by Gasteiger charge is -2.33. The average Bonchev–Trinajstić information content (AvgIpc) is 2.64. The molecule has 0 aliphatic rings. The fourth-order valence-electron chi connectivity index (χ4n) is 1.20. The predicted molar refractivity (Wildman–Crippen MR) is 76.3 cm³/mol. The Morgan fingerprint density at radius 3 is 2.59 bits per heavy atom. The third-order valence-electron chi connectivity index (χ3n) is 2.92. The van der Waals surface area contributed by atoms with Crippen LogP contribution in [0.25, 0.3) is 0 Å². The molecule has 6 heteroatoms. The summed E-state index contributed by atoms with van der Waals surface area (Å²) in [6.45, 7) is 6.41. The zero-order valence-electron chi connectivity index (χ0n) is 10.1. The first-order chi connectivity index (χ1) is 7.40. The third-order valence-corrected chi connectivity index (χ3v) is 4.26. The van der Waals surface area contributed by atoms with Gasteiger partial charge < -0.3 is 11.1 Å². The molecule has 0 aromatic carbocycles. The molecular formula is C11H18Cl2N2OS. The summed E-state index contributed by atoms with van der Waals surface area (Å²) in [5, 5.41) is 5.24. The van der Waals surface area contributed by atoms with Crippen molar-refractivity contribution in [3.05, 3.63) is 21.3 Å². The van der Waals surface area contributed by atoms with E-state index in [-0.39, 0.29) is 24.2 Å². The van der Waals surface area contributed by atoms with E-state index in [9.17, 15) is 4.79 Å². The molecule has 1 aromatic heterocycles. The Balaban J connectivity index is 0.00000256. The first-order valence-electron chi connectivity index (χ1n) is 5.16. The highest BCUT2D eigenvalue weighted by Gasteiger charge is 2.29. The third kappa shape index (κ3) is 3.85. The van der Waals surface area contributed by atoms with Gasteiger partial charge in [-0.25, -0.2) is 0 Å². The monoisotopic (exact) mass is 296 g/mol. The standard InChI is InChI=1S/C11H17ClN2OS.ClH/c1-7(2)11(3,6-13)14-10(15)9-8(12)4-5-16-9;/h4-5,7H,6,13H2,1-3H3,(H,14,15);1H. The maximum Gasteiger partial charge on any atom is 0.263 e. The Morgan fingerprint density at radius 2 is 2.24 bits per heavy atom. The zero-order valence-corrected chi connectivity index (χ0v) is 12.5. The van der Waals surface area contributed by atoms with E-state index in [0.29, 0.717) is 16.4 Å². The van der Waals surface area contributed by atoms with Gasteiger partial charge in [0.1, 0.15) is 4.88 Å². The van der Waals surface area contributed by atoms with E-state index < -0.39 is 5.54 Å². The number of carbonyl (C=O) groups is 1. The molecule has 1 heterocycles. The van der Waals surface area contributed by atoms with Crippen molar-refractivity contribution >= 4 is 41.3 Å². The van der Waals surface area contributed by atoms with Crippen LogP contribution in [0, 0.1) is 5.92 Å². The molecule has 0 aliphatic heterocycles. The highest BCUT2D eigenvalue weighted by molar-refractivity contribution is 7.12. The quantitative estimate of drug-likeness (QED) is 0.897. The SMILES string of the molecule is CC(C)C(C)(CN)NC(=O)c1sccc1Cl.Cl. The summed E-state index contributed by atoms with van der Waals surface area (Å²) in [7, 11) is 0. The number of carbonyl (C=O) groups excluding carboxylic acids is 1. The highest BCUT2D eigenvalue weighted by Crippen LogP contribution is 2.23. The molecule has 1 amide bonds. The molecule has 0 spiro atoms. The van der Waals surface area contributed by atoms with Crippen LogP contribution in [0.5, 0.6) is 0 Å². The number of nitrogens with two attached hydrogens (primary N) is 1. The normalized spacial score (nSPS) is 14.0. The van der Waals surface area contributed by atoms with E-state index in [2.05, 4.69) is 5.32 Å². The summed E-state index contributed by atoms with van der Waals surface area (Å²) >= 11 is 7.24. The number of amides is 1. The van der Waals surface area contributed by atoms with Gasteiger partial charge in [-0.15, -0.1) is 23.7 Å². The summed E-state index contributed by atoms with van der Waals surface area (Å²) in [6.07, 6.45) is 0. The maximum absolute atomic E-state index is 12.0. The second-order valence-corrected chi connectivity index (χ2v) is 5.65. The molecular weight excluding hydrogens is 279 g/mol. The van der Waals surface area contributed by atoms with Gasteiger partial charge in [-0.3, -0.25) is 4.79 Å². The van der Waals surface area contributed by atoms with Gasteiger partial charge in [0.25, 0.3) is 5.91 Å². The Bertz CT molecular complexity index is 381. The van der Waals surface area contributed by atoms with E-state index >= 15 is 0 Å². The van der Waals surface area contributed by atoms with E-state index in [1.54, 1.807) is 11.4 Å². The highest BCUT2D eigenvalue weighted by atomic mass is 35.5. The van der Waals surface area contributed by atoms with Gasteiger partial charge in [0, 0.05) is 6.54 Å². The van der Waals surface area contributed by atoms with Crippen LogP contribution >= 0.6 is 35.3 Å². The molecule has 1 aromatic rings. The van der Waals surface area contributed by atoms with E-state index in [0.717, 1.165) is 0 Å². The summed E-state index contributed by atoms with van der Waals surface area (Å²) in [6, 6.07) is 1.72. The van der Waals surface area contributed by atoms with Gasteiger partial charge in [-0.2, -0.15) is 0 Å². The molecule has 0 radical (unpaired) electrons. The van der Waals surface area contributed by atoms with Crippen molar-refractivity contribution < 1.29 is 4.79 Å². The van der Waals surface area contributed by atoms with Crippen LogP contribution in [0.4, 0.5) is 0 Å². The first kappa shape index (κ1) is 16.7. The Kier molecular flexibility index (Phi) is 6.48. The Morgan fingerprint density at radius 1 is 1.65 bits per heavy atom. The number of halogens is 2. The van der Waals surface area contributed by atoms with Crippen molar-refractivity contribution in [1.29, 1.82) is 0 Å². The Hall–Kier alpha value is -0.290. The second kappa shape index (κ2) is 6.59. The largest absolute Gasteiger partial charge is 0.345 e. The summed E-state index contributed by atoms with van der Waals surface area (Å²) in [4.78, 5) is 12.5. The predicted octanol–water partition coefficient (Wildman–Crippen LogP) is 2.93. The van der Waals surface area contributed by atoms with Crippen LogP contribution in [0.3, 0.4) is 0 Å². The lowest BCUT2D eigenvalue weighted by Crippen LogP contribution is -2.54. The van der Waals surface area contributed by atoms with E-state index in [1.165, 1.54) is 11.3 Å². The second-order valence-electron chi connectivity index (χ2n) is 4.33. The molecule has 17 heavy (non-hydrogen) atoms. The number of thiophene rings is 1. The summed E-state index contributed by atoms with van der Waals surface area (Å²) in [5.41, 5.74) is 5.30. The first-order valence-corrected chi connectivity index (χ1v) is 6.42. The molecule has 3 N–H and O–H groups in total. The summed E-state index contributed by atoms with van der Waals surface area (Å²) in [5.74, 6) is 0.113. The van der Waals surface area contributed by atoms with Crippen LogP contribution in [-0.2, 0) is 0 Å². The van der Waals surface area contributed by atoms with Gasteiger partial charge in [-0.05, 0) is 24.3 Å². The lowest BCUT2D eigenvalue weighted by molar-refractivity contribution is 0.0887. The van der Waals surface area contributed by atoms with Crippen LogP contribution < -0.4 is 11.1 Å². The minimum Gasteiger partial charge on any atom is -0.345 e. The van der Waals surface area contributed by atoms with Gasteiger partial charge in [0.2, 0.25) is 0 Å². The molecule has 0 aliphatic carbocycles. The molecule has 0 saturated heterocycles. The number of hydrogen-bond acceptors (Lipinski definition) is 3. The van der Waals surface area contributed by atoms with Gasteiger partial charge >= 0.3 is 0 Å². The van der Waals surface area contributed by atoms with Crippen molar-refractivity contribution in [1.82, 2.24) is 5.32 Å². The molecule has 0 saturated carbocycles. The topological polar surface area (TPSA) is 55.1 Å². The maximum atomic E-state index is 12.0. The van der Waals surface area contributed by atoms with Crippen LogP contribution in [0.15, 0.2) is 11.4 Å². The zero-order chi connectivity index (χ0) is 12.3. The van der Waals surface area contributed by atoms with Crippen LogP contribution in [0.1, 0.15) is 30.4 Å². The number of rotatable bonds is 4. The van der Waals surface area contributed by atoms with Crippen LogP contribution in [0.2, 0.25) is 5.02 Å². The smallest absolute Gasteiger partial charge is 0.263 e. The molecule has 1 unspecified atom stereocenters. The molecule has 0 bridgehead atoms. The minimum absolute atomic E-state index is 0. The molecule has 98 valence electrons. The van der Waals surface area contributed by atoms with Crippen molar-refractivity contribution in [3.63, 3.8) is 0 Å². The van der Waals surface area contributed by atoms with Crippen molar-refractivity contribution in [2.24, 2.45) is 11.7 Å². The van der Waals surface area contributed by atoms with Crippen molar-refractivity contribution in [2.45, 2.75) is 26.3 Å². The van der Waals surface area contributed by atoms with Gasteiger partial charge in [0.15, 0.2) is 0 Å². The van der Waals surface area contributed by atoms with E-state index in [1.807, 2.05) is 20.8 Å². The van der Waals surface area contributed by atoms with Gasteiger partial charge in [-0.1, -0.05) is 25.4 Å². The van der Waals surface area contributed by atoms with Crippen LogP contribution in [-0.4, -0.2) is 18.0 Å². The van der Waals surface area contributed by atoms with Gasteiger partial charge in [0.05, 0.1) is 10.6 Å². The van der Waals surface area contributed by atoms with Crippen molar-refractivity contribution in [3.8, 4) is 0 Å².